The molecule has 0 aromatic heterocycles. The molecule has 18 aromatic rings. The van der Waals surface area contributed by atoms with Crippen LogP contribution in [-0.4, -0.2) is 26.0 Å². The van der Waals surface area contributed by atoms with Gasteiger partial charge in [-0.1, -0.05) is 356 Å². The molecule has 5 aliphatic heterocycles. The highest BCUT2D eigenvalue weighted by Crippen LogP contribution is 2.51. The fraction of sp³-hybridized carbons (Fsp3) is 0.115. The van der Waals surface area contributed by atoms with E-state index in [-0.39, 0.29) is 41.4 Å². The average Bonchev–Trinajstić information content (AvgIpc) is 1.56. The van der Waals surface area contributed by atoms with Crippen LogP contribution in [0.25, 0.3) is 10.8 Å². The predicted molar refractivity (Wildman–Crippen MR) is 562 cm³/mol. The van der Waals surface area contributed by atoms with E-state index in [1.54, 1.807) is 20.3 Å². The van der Waals surface area contributed by atoms with Gasteiger partial charge in [0.25, 0.3) is 11.8 Å². The summed E-state index contributed by atoms with van der Waals surface area (Å²) in [5.74, 6) is 1.88. The molecule has 5 atom stereocenters. The monoisotopic (exact) mass is 1870 g/mol. The maximum Gasteiger partial charge on any atom is 0.258 e. The standard InChI is InChI=1S/C28H23NO2.C27H21NO.C24H18ClN.C22H19Cl2N.C21H17Cl2NO/c1-31-23-14-9-13-21(18-23)28(30)29-19-22-12-5-6-15-24(22)27(20-10-3-2-4-11-20)25-16-7-8-17-26(25)29;29-27(21-13-5-2-6-14-21)28-19-22-15-7-8-16-23(22)26(20-11-3-1-4-12-20)24-17-9-10-18-25(24)28;25-20-10-11-23-22(14-20)24(16-6-2-1-3-7-16)21-13-18-9-5-4-8-17(18)12-19(21)15-26-23;1-2-14-7-9-17-15(11-14)13-25-21-10-8-16(23)12-19(21)22(17)18-5-3-4-6-20(18)24;1-25-19-8-4-5-13-12-24-18-10-9-14(22)11-16(18)21(20(13)19)15-6-2-3-7-17(15)23/h2-18,27H,19H2,1H3;1-18,26H,19H2;1-14,24,26H,15H2;3-12,22,25H,2,13H2,1H3;2-11,21,24H,12H2,1H3. The van der Waals surface area contributed by atoms with Crippen LogP contribution in [0.15, 0.2) is 419 Å². The minimum absolute atomic E-state index is 0.0292. The van der Waals surface area contributed by atoms with Crippen molar-refractivity contribution in [1.29, 1.82) is 0 Å². The summed E-state index contributed by atoms with van der Waals surface area (Å²) in [6, 6.07) is 143. The molecule has 0 fully saturated rings. The second-order valence-corrected chi connectivity index (χ2v) is 36.5. The van der Waals surface area contributed by atoms with Crippen molar-refractivity contribution in [3.63, 3.8) is 0 Å². The number of hydrogen-bond donors (Lipinski definition) is 3. The van der Waals surface area contributed by atoms with Gasteiger partial charge in [0.15, 0.2) is 0 Å². The van der Waals surface area contributed by atoms with E-state index in [4.69, 9.17) is 67.5 Å². The van der Waals surface area contributed by atoms with E-state index in [1.165, 1.54) is 88.7 Å². The zero-order valence-electron chi connectivity index (χ0n) is 75.4. The zero-order chi connectivity index (χ0) is 93.1. The molecule has 0 aliphatic carbocycles. The van der Waals surface area contributed by atoms with Gasteiger partial charge in [-0.2, -0.15) is 0 Å². The molecule has 5 aliphatic rings. The number of methoxy groups -OCH3 is 2. The van der Waals surface area contributed by atoms with Crippen LogP contribution in [0.5, 0.6) is 11.5 Å². The number of aryl methyl sites for hydroxylation is 1. The number of fused-ring (bicyclic) bond motifs is 11. The number of nitrogens with one attached hydrogen (secondary N) is 3. The van der Waals surface area contributed by atoms with Crippen molar-refractivity contribution in [1.82, 2.24) is 0 Å². The average molecular weight is 1880 g/mol. The number of carbonyl (C=O) groups excluding carboxylic acids is 2. The molecular weight excluding hydrogens is 1780 g/mol. The van der Waals surface area contributed by atoms with Gasteiger partial charge in [-0.25, -0.2) is 0 Å². The van der Waals surface area contributed by atoms with Crippen LogP contribution in [0.2, 0.25) is 25.1 Å². The number of carbonyl (C=O) groups is 2. The normalized spacial score (nSPS) is 15.4. The Labute approximate surface area is 820 Å². The smallest absolute Gasteiger partial charge is 0.258 e. The number of halogens is 5. The molecule has 5 unspecified atom stereocenters. The lowest BCUT2D eigenvalue weighted by molar-refractivity contribution is 0.0977. The van der Waals surface area contributed by atoms with Crippen molar-refractivity contribution in [2.24, 2.45) is 0 Å². The summed E-state index contributed by atoms with van der Waals surface area (Å²) < 4.78 is 11.0. The van der Waals surface area contributed by atoms with Gasteiger partial charge in [-0.05, 0) is 256 Å². The molecule has 9 nitrogen and oxygen atoms in total. The Morgan fingerprint density at radius 2 is 0.676 bits per heavy atom. The van der Waals surface area contributed by atoms with Gasteiger partial charge in [0.2, 0.25) is 0 Å². The van der Waals surface area contributed by atoms with Crippen LogP contribution >= 0.6 is 58.0 Å². The Kier molecular flexibility index (Phi) is 27.8. The third kappa shape index (κ3) is 19.3. The maximum atomic E-state index is 13.7. The third-order valence-corrected chi connectivity index (χ3v) is 27.8. The van der Waals surface area contributed by atoms with Crippen molar-refractivity contribution in [2.45, 2.75) is 75.7 Å². The van der Waals surface area contributed by atoms with Crippen LogP contribution in [0, 0.1) is 0 Å². The van der Waals surface area contributed by atoms with Gasteiger partial charge in [0, 0.05) is 119 Å². The molecule has 0 saturated carbocycles. The Morgan fingerprint density at radius 3 is 1.18 bits per heavy atom. The summed E-state index contributed by atoms with van der Waals surface area (Å²) >= 11 is 32.2. The van der Waals surface area contributed by atoms with Crippen molar-refractivity contribution >= 4 is 109 Å². The van der Waals surface area contributed by atoms with E-state index in [0.717, 1.165) is 119 Å². The minimum Gasteiger partial charge on any atom is -0.497 e. The van der Waals surface area contributed by atoms with E-state index in [9.17, 15) is 9.59 Å². The van der Waals surface area contributed by atoms with Gasteiger partial charge in [0.05, 0.1) is 27.3 Å². The first-order valence-corrected chi connectivity index (χ1v) is 47.8. The van der Waals surface area contributed by atoms with Gasteiger partial charge in [-0.3, -0.25) is 9.59 Å². The molecular formula is C122H98Cl5N5O4. The Morgan fingerprint density at radius 1 is 0.294 bits per heavy atom. The molecule has 0 saturated heterocycles. The van der Waals surface area contributed by atoms with Gasteiger partial charge < -0.3 is 35.2 Å². The lowest BCUT2D eigenvalue weighted by Crippen LogP contribution is -2.30. The first kappa shape index (κ1) is 90.8. The van der Waals surface area contributed by atoms with Crippen LogP contribution in [0.3, 0.4) is 0 Å². The zero-order valence-corrected chi connectivity index (χ0v) is 79.2. The van der Waals surface area contributed by atoms with Gasteiger partial charge in [-0.15, -0.1) is 0 Å². The van der Waals surface area contributed by atoms with Crippen molar-refractivity contribution in [3.05, 3.63) is 572 Å². The quantitative estimate of drug-likeness (QED) is 0.126. The first-order valence-electron chi connectivity index (χ1n) is 45.9. The highest BCUT2D eigenvalue weighted by Gasteiger charge is 2.37. The molecule has 18 aromatic carbocycles. The van der Waals surface area contributed by atoms with Crippen molar-refractivity contribution in [2.75, 3.05) is 40.0 Å². The van der Waals surface area contributed by atoms with Crippen LogP contribution in [0.1, 0.15) is 174 Å². The minimum atomic E-state index is -0.0523. The number of nitrogens with zero attached hydrogens (tertiary/aromatic N) is 2. The number of amides is 2. The number of hydrogen-bond acceptors (Lipinski definition) is 7. The molecule has 670 valence electrons. The largest absolute Gasteiger partial charge is 0.497 e. The molecule has 136 heavy (non-hydrogen) atoms. The van der Waals surface area contributed by atoms with Crippen molar-refractivity contribution in [3.8, 4) is 11.5 Å². The fourth-order valence-electron chi connectivity index (χ4n) is 20.0. The summed E-state index contributed by atoms with van der Waals surface area (Å²) in [4.78, 5) is 31.0. The summed E-state index contributed by atoms with van der Waals surface area (Å²) in [6.07, 6.45) is 1.03. The van der Waals surface area contributed by atoms with Crippen LogP contribution in [-0.2, 0) is 39.1 Å². The SMILES string of the molecule is CCc1ccc2c(c1)CNc1ccc(Cl)cc1C2c1ccccc1Cl.COc1cccc(C(=O)N2Cc3ccccc3C(c3ccccc3)c3ccccc32)c1.COc1cccc2c1C(c1ccccc1Cl)c1cc(Cl)ccc1NC2.Clc1ccc2c(c1)C(c1ccccc1)c1cc3ccccc3cc1CN2.O=C(c1ccccc1)N1Cc2ccccc2C(c2ccccc2)c2ccccc21. The Hall–Kier alpha value is -14.4. The molecule has 3 N–H and O–H groups in total. The van der Waals surface area contributed by atoms with Gasteiger partial charge >= 0.3 is 0 Å². The number of rotatable bonds is 10. The maximum absolute atomic E-state index is 13.7. The second kappa shape index (κ2) is 41.6. The number of ether oxygens (including phenoxy) is 2. The summed E-state index contributed by atoms with van der Waals surface area (Å²) in [5.41, 5.74) is 32.1. The van der Waals surface area contributed by atoms with E-state index < -0.39 is 0 Å². The summed E-state index contributed by atoms with van der Waals surface area (Å²) in [5, 5.41) is 17.0. The van der Waals surface area contributed by atoms with Crippen LogP contribution in [0.4, 0.5) is 28.4 Å². The highest BCUT2D eigenvalue weighted by molar-refractivity contribution is 6.33. The van der Waals surface area contributed by atoms with E-state index in [0.29, 0.717) is 35.0 Å². The van der Waals surface area contributed by atoms with Crippen LogP contribution < -0.4 is 35.2 Å². The van der Waals surface area contributed by atoms with Crippen molar-refractivity contribution < 1.29 is 19.1 Å². The summed E-state index contributed by atoms with van der Waals surface area (Å²) in [7, 11) is 3.32. The lowest BCUT2D eigenvalue weighted by atomic mass is 9.82. The molecule has 0 bridgehead atoms. The van der Waals surface area contributed by atoms with E-state index in [2.05, 4.69) is 278 Å². The molecule has 23 rings (SSSR count). The molecule has 0 spiro atoms. The number of anilines is 5. The number of para-hydroxylation sites is 2. The van der Waals surface area contributed by atoms with E-state index in [1.807, 2.05) is 168 Å². The Bertz CT molecular complexity index is 7380. The van der Waals surface area contributed by atoms with E-state index >= 15 is 0 Å². The molecule has 5 heterocycles. The fourth-order valence-corrected chi connectivity index (χ4v) is 21.0. The first-order chi connectivity index (χ1) is 66.7. The molecule has 14 heteroatoms. The highest BCUT2D eigenvalue weighted by atomic mass is 35.5. The molecule has 2 amide bonds. The third-order valence-electron chi connectivity index (χ3n) is 26.4. The lowest BCUT2D eigenvalue weighted by Gasteiger charge is -2.25. The number of benzene rings is 18. The Balaban J connectivity index is 0.000000109. The topological polar surface area (TPSA) is 95.2 Å². The second-order valence-electron chi connectivity index (χ2n) is 34.4. The summed E-state index contributed by atoms with van der Waals surface area (Å²) in [6.45, 7) is 5.61. The predicted octanol–water partition coefficient (Wildman–Crippen LogP) is 31.4. The molecule has 0 radical (unpaired) electrons. The van der Waals surface area contributed by atoms with Gasteiger partial charge in [0.1, 0.15) is 11.5 Å².